The minimum Gasteiger partial charge on any atom is -0.494 e. The van der Waals surface area contributed by atoms with Gasteiger partial charge in [-0.25, -0.2) is 4.79 Å². The van der Waals surface area contributed by atoms with Crippen LogP contribution < -0.4 is 19.9 Å². The van der Waals surface area contributed by atoms with Crippen molar-refractivity contribution in [1.82, 2.24) is 0 Å². The van der Waals surface area contributed by atoms with E-state index in [9.17, 15) is 10.1 Å². The minimum absolute atomic E-state index is 0.0256. The fourth-order valence-electron chi connectivity index (χ4n) is 3.78. The van der Waals surface area contributed by atoms with Gasteiger partial charge in [-0.3, -0.25) is 0 Å². The van der Waals surface area contributed by atoms with Crippen LogP contribution in [0.1, 0.15) is 47.7 Å². The fraction of sp³-hybridized carbons (Fsp3) is 0.214. The molecule has 1 atom stereocenters. The first-order valence-corrected chi connectivity index (χ1v) is 11.2. The average molecular weight is 455 g/mol. The highest BCUT2D eigenvalue weighted by atomic mass is 16.5. The molecule has 0 aromatic heterocycles. The highest BCUT2D eigenvalue weighted by molar-refractivity contribution is 5.91. The van der Waals surface area contributed by atoms with Crippen molar-refractivity contribution in [3.63, 3.8) is 0 Å². The lowest BCUT2D eigenvalue weighted by Crippen LogP contribution is -2.21. The molecule has 0 amide bonds. The summed E-state index contributed by atoms with van der Waals surface area (Å²) < 4.78 is 17.2. The van der Waals surface area contributed by atoms with Gasteiger partial charge >= 0.3 is 5.97 Å². The van der Waals surface area contributed by atoms with Gasteiger partial charge in [-0.1, -0.05) is 50.2 Å². The number of esters is 1. The van der Waals surface area contributed by atoms with E-state index in [-0.39, 0.29) is 5.88 Å². The van der Waals surface area contributed by atoms with Gasteiger partial charge in [0.2, 0.25) is 5.88 Å². The summed E-state index contributed by atoms with van der Waals surface area (Å²) in [4.78, 5) is 12.4. The Balaban J connectivity index is 1.63. The van der Waals surface area contributed by atoms with Crippen molar-refractivity contribution in [2.75, 3.05) is 6.61 Å². The van der Waals surface area contributed by atoms with E-state index >= 15 is 0 Å². The van der Waals surface area contributed by atoms with Gasteiger partial charge in [-0.15, -0.1) is 0 Å². The molecule has 0 saturated carbocycles. The lowest BCUT2D eigenvalue weighted by atomic mass is 9.83. The summed E-state index contributed by atoms with van der Waals surface area (Å²) in [7, 11) is 0. The van der Waals surface area contributed by atoms with Gasteiger partial charge < -0.3 is 19.9 Å². The molecule has 1 aliphatic rings. The largest absolute Gasteiger partial charge is 0.494 e. The van der Waals surface area contributed by atoms with E-state index in [4.69, 9.17) is 19.9 Å². The normalized spacial score (nSPS) is 14.7. The molecule has 3 aromatic carbocycles. The monoisotopic (exact) mass is 454 g/mol. The quantitative estimate of drug-likeness (QED) is 0.372. The van der Waals surface area contributed by atoms with E-state index in [1.54, 1.807) is 42.5 Å². The summed E-state index contributed by atoms with van der Waals surface area (Å²) in [5.41, 5.74) is 8.50. The van der Waals surface area contributed by atoms with E-state index < -0.39 is 11.9 Å². The van der Waals surface area contributed by atoms with Crippen molar-refractivity contribution in [3.05, 3.63) is 101 Å². The number of nitriles is 1. The Morgan fingerprint density at radius 2 is 1.85 bits per heavy atom. The van der Waals surface area contributed by atoms with Crippen LogP contribution in [0.2, 0.25) is 0 Å². The number of carbonyl (C=O) groups is 1. The molecule has 172 valence electrons. The maximum Gasteiger partial charge on any atom is 0.343 e. The molecule has 1 unspecified atom stereocenters. The Morgan fingerprint density at radius 3 is 2.59 bits per heavy atom. The third-order valence-electron chi connectivity index (χ3n) is 5.57. The van der Waals surface area contributed by atoms with Gasteiger partial charge in [0.05, 0.1) is 18.1 Å². The summed E-state index contributed by atoms with van der Waals surface area (Å²) >= 11 is 0. The molecule has 3 aromatic rings. The van der Waals surface area contributed by atoms with Crippen molar-refractivity contribution in [3.8, 4) is 23.3 Å². The second-order valence-corrected chi connectivity index (χ2v) is 8.48. The summed E-state index contributed by atoms with van der Waals surface area (Å²) in [5.74, 6) is 1.16. The number of fused-ring (bicyclic) bond motifs is 1. The van der Waals surface area contributed by atoms with Crippen LogP contribution in [0.3, 0.4) is 0 Å². The summed E-state index contributed by atoms with van der Waals surface area (Å²) in [5, 5.41) is 9.82. The number of rotatable bonds is 7. The molecular weight excluding hydrogens is 428 g/mol. The zero-order valence-corrected chi connectivity index (χ0v) is 19.2. The summed E-state index contributed by atoms with van der Waals surface area (Å²) in [6.45, 7) is 4.92. The standard InChI is InChI=1S/C28H26N2O4/c1-18(2)13-14-32-21-10-6-9-20(15-21)26-23-12-11-22(16-25(23)34-27(30)24(26)17-29)33-28(31)19-7-4-3-5-8-19/h3-12,15-16,18,26H,13-14,30H2,1-2H3. The number of carbonyl (C=O) groups excluding carboxylic acids is 1. The molecule has 6 nitrogen and oxygen atoms in total. The van der Waals surface area contributed by atoms with Crippen molar-refractivity contribution >= 4 is 5.97 Å². The number of benzene rings is 3. The highest BCUT2D eigenvalue weighted by Gasteiger charge is 2.31. The smallest absolute Gasteiger partial charge is 0.343 e. The first kappa shape index (κ1) is 22.9. The van der Waals surface area contributed by atoms with Gasteiger partial charge in [0.25, 0.3) is 0 Å². The lowest BCUT2D eigenvalue weighted by Gasteiger charge is -2.27. The second kappa shape index (κ2) is 10.1. The number of allylic oxidation sites excluding steroid dienone is 1. The van der Waals surface area contributed by atoms with E-state index in [2.05, 4.69) is 19.9 Å². The molecule has 34 heavy (non-hydrogen) atoms. The molecule has 0 spiro atoms. The van der Waals surface area contributed by atoms with Gasteiger partial charge in [0.15, 0.2) is 0 Å². The Morgan fingerprint density at radius 1 is 1.06 bits per heavy atom. The van der Waals surface area contributed by atoms with Crippen LogP contribution in [0.25, 0.3) is 0 Å². The highest BCUT2D eigenvalue weighted by Crippen LogP contribution is 2.44. The van der Waals surface area contributed by atoms with Crippen LogP contribution in [0.5, 0.6) is 17.2 Å². The van der Waals surface area contributed by atoms with Gasteiger partial charge in [-0.05, 0) is 48.2 Å². The number of hydrogen-bond donors (Lipinski definition) is 1. The maximum atomic E-state index is 12.4. The SMILES string of the molecule is CC(C)CCOc1cccc(C2C(C#N)=C(N)Oc3cc(OC(=O)c4ccccc4)ccc32)c1. The average Bonchev–Trinajstić information content (AvgIpc) is 2.83. The van der Waals surface area contributed by atoms with Crippen LogP contribution in [-0.4, -0.2) is 12.6 Å². The Labute approximate surface area is 199 Å². The van der Waals surface area contributed by atoms with Crippen LogP contribution in [-0.2, 0) is 0 Å². The molecule has 1 aliphatic heterocycles. The predicted molar refractivity (Wildman–Crippen MR) is 129 cm³/mol. The van der Waals surface area contributed by atoms with Crippen molar-refractivity contribution < 1.29 is 19.0 Å². The number of ether oxygens (including phenoxy) is 3. The molecule has 0 fully saturated rings. The predicted octanol–water partition coefficient (Wildman–Crippen LogP) is 5.55. The second-order valence-electron chi connectivity index (χ2n) is 8.48. The zero-order valence-electron chi connectivity index (χ0n) is 19.2. The molecule has 4 rings (SSSR count). The fourth-order valence-corrected chi connectivity index (χ4v) is 3.78. The molecule has 2 N–H and O–H groups in total. The van der Waals surface area contributed by atoms with E-state index in [0.717, 1.165) is 23.3 Å². The van der Waals surface area contributed by atoms with Gasteiger partial charge in [0.1, 0.15) is 28.9 Å². The zero-order chi connectivity index (χ0) is 24.1. The molecule has 0 saturated heterocycles. The Kier molecular flexibility index (Phi) is 6.84. The van der Waals surface area contributed by atoms with Crippen molar-refractivity contribution in [2.24, 2.45) is 11.7 Å². The molecular formula is C28H26N2O4. The number of nitrogens with zero attached hydrogens (tertiary/aromatic N) is 1. The summed E-state index contributed by atoms with van der Waals surface area (Å²) in [6, 6.07) is 23.7. The molecule has 0 radical (unpaired) electrons. The topological polar surface area (TPSA) is 94.6 Å². The van der Waals surface area contributed by atoms with E-state index in [1.807, 2.05) is 30.3 Å². The maximum absolute atomic E-state index is 12.4. The molecule has 0 bridgehead atoms. The summed E-state index contributed by atoms with van der Waals surface area (Å²) in [6.07, 6.45) is 0.950. The van der Waals surface area contributed by atoms with Crippen molar-refractivity contribution in [1.29, 1.82) is 5.26 Å². The van der Waals surface area contributed by atoms with Gasteiger partial charge in [0, 0.05) is 11.6 Å². The first-order chi connectivity index (χ1) is 16.5. The van der Waals surface area contributed by atoms with Crippen LogP contribution in [0, 0.1) is 17.2 Å². The third-order valence-corrected chi connectivity index (χ3v) is 5.57. The van der Waals surface area contributed by atoms with E-state index in [1.165, 1.54) is 0 Å². The third kappa shape index (κ3) is 5.05. The Hall–Kier alpha value is -4.24. The number of hydrogen-bond acceptors (Lipinski definition) is 6. The van der Waals surface area contributed by atoms with Crippen LogP contribution in [0.4, 0.5) is 0 Å². The van der Waals surface area contributed by atoms with E-state index in [0.29, 0.717) is 35.2 Å². The van der Waals surface area contributed by atoms with Gasteiger partial charge in [-0.2, -0.15) is 5.26 Å². The lowest BCUT2D eigenvalue weighted by molar-refractivity contribution is 0.0734. The Bertz CT molecular complexity index is 1260. The van der Waals surface area contributed by atoms with Crippen LogP contribution >= 0.6 is 0 Å². The number of nitrogens with two attached hydrogens (primary N) is 1. The van der Waals surface area contributed by atoms with Crippen LogP contribution in [0.15, 0.2) is 84.3 Å². The first-order valence-electron chi connectivity index (χ1n) is 11.2. The molecule has 0 aliphatic carbocycles. The minimum atomic E-state index is -0.472. The molecule has 1 heterocycles. The van der Waals surface area contributed by atoms with Crippen molar-refractivity contribution in [2.45, 2.75) is 26.2 Å². The molecule has 6 heteroatoms.